The van der Waals surface area contributed by atoms with Gasteiger partial charge in [0.25, 0.3) is 0 Å². The summed E-state index contributed by atoms with van der Waals surface area (Å²) in [7, 11) is 1.70. The quantitative estimate of drug-likeness (QED) is 0.688. The molecule has 0 amide bonds. The molecule has 0 radical (unpaired) electrons. The molecule has 0 fully saturated rings. The molecule has 4 heteroatoms. The Balaban J connectivity index is 2.39. The molecule has 18 heavy (non-hydrogen) atoms. The van der Waals surface area contributed by atoms with Crippen molar-refractivity contribution in [3.8, 4) is 5.75 Å². The average molecular weight is 253 g/mol. The zero-order valence-corrected chi connectivity index (χ0v) is 11.5. The third-order valence-electron chi connectivity index (χ3n) is 2.71. The van der Waals surface area contributed by atoms with Crippen LogP contribution in [0.2, 0.25) is 0 Å². The summed E-state index contributed by atoms with van der Waals surface area (Å²) in [5.74, 6) is 0.963. The van der Waals surface area contributed by atoms with E-state index >= 15 is 0 Å². The number of rotatable bonds is 8. The van der Waals surface area contributed by atoms with Gasteiger partial charge in [-0.25, -0.2) is 0 Å². The Hall–Kier alpha value is -1.10. The first kappa shape index (κ1) is 15.0. The summed E-state index contributed by atoms with van der Waals surface area (Å²) >= 11 is 0. The topological polar surface area (TPSA) is 50.7 Å². The Morgan fingerprint density at radius 1 is 1.17 bits per heavy atom. The Morgan fingerprint density at radius 2 is 1.83 bits per heavy atom. The predicted octanol–water partition coefficient (Wildman–Crippen LogP) is 1.41. The van der Waals surface area contributed by atoms with Crippen LogP contribution in [0.25, 0.3) is 0 Å². The van der Waals surface area contributed by atoms with Crippen molar-refractivity contribution >= 4 is 0 Å². The number of hydrogen-bond donors (Lipinski definition) is 2. The molecule has 1 aromatic carbocycles. The minimum absolute atomic E-state index is 0.0802. The number of aryl methyl sites for hydroxylation is 2. The van der Waals surface area contributed by atoms with Gasteiger partial charge in [0, 0.05) is 13.1 Å². The Labute approximate surface area is 109 Å². The number of methoxy groups -OCH3 is 1. The highest BCUT2D eigenvalue weighted by molar-refractivity contribution is 5.43. The maximum atomic E-state index is 8.55. The second-order valence-electron chi connectivity index (χ2n) is 4.28. The van der Waals surface area contributed by atoms with E-state index in [2.05, 4.69) is 31.3 Å². The summed E-state index contributed by atoms with van der Waals surface area (Å²) in [6.45, 7) is 6.81. The lowest BCUT2D eigenvalue weighted by Gasteiger charge is -2.12. The third-order valence-corrected chi connectivity index (χ3v) is 2.71. The van der Waals surface area contributed by atoms with Gasteiger partial charge in [-0.1, -0.05) is 12.1 Å². The van der Waals surface area contributed by atoms with Gasteiger partial charge in [0.15, 0.2) is 0 Å². The van der Waals surface area contributed by atoms with Gasteiger partial charge < -0.3 is 19.9 Å². The summed E-state index contributed by atoms with van der Waals surface area (Å²) in [6, 6.07) is 4.26. The van der Waals surface area contributed by atoms with E-state index in [4.69, 9.17) is 14.6 Å². The van der Waals surface area contributed by atoms with E-state index in [1.807, 2.05) is 0 Å². The van der Waals surface area contributed by atoms with Crippen LogP contribution in [-0.4, -0.2) is 38.6 Å². The van der Waals surface area contributed by atoms with Crippen LogP contribution >= 0.6 is 0 Å². The fraction of sp³-hybridized carbons (Fsp3) is 0.571. The largest absolute Gasteiger partial charge is 0.496 e. The number of hydrogen-bond acceptors (Lipinski definition) is 4. The van der Waals surface area contributed by atoms with Gasteiger partial charge in [0.05, 0.1) is 26.9 Å². The van der Waals surface area contributed by atoms with E-state index in [9.17, 15) is 0 Å². The van der Waals surface area contributed by atoms with Crippen LogP contribution in [-0.2, 0) is 11.3 Å². The highest BCUT2D eigenvalue weighted by Crippen LogP contribution is 2.24. The molecule has 0 aliphatic heterocycles. The average Bonchev–Trinajstić information content (AvgIpc) is 2.33. The third kappa shape index (κ3) is 4.64. The highest BCUT2D eigenvalue weighted by atomic mass is 16.5. The molecule has 2 N–H and O–H groups in total. The number of benzene rings is 1. The van der Waals surface area contributed by atoms with E-state index in [-0.39, 0.29) is 6.61 Å². The molecule has 1 aromatic rings. The molecule has 102 valence electrons. The molecule has 0 aliphatic rings. The molecule has 0 spiro atoms. The lowest BCUT2D eigenvalue weighted by atomic mass is 10.1. The minimum Gasteiger partial charge on any atom is -0.496 e. The van der Waals surface area contributed by atoms with Crippen molar-refractivity contribution in [2.75, 3.05) is 33.5 Å². The van der Waals surface area contributed by atoms with Gasteiger partial charge in [0.2, 0.25) is 0 Å². The molecule has 0 atom stereocenters. The number of aliphatic hydroxyl groups is 1. The van der Waals surface area contributed by atoms with Crippen molar-refractivity contribution in [1.82, 2.24) is 5.32 Å². The van der Waals surface area contributed by atoms with Gasteiger partial charge in [0.1, 0.15) is 5.75 Å². The SMILES string of the molecule is COc1c(C)cc(CNCCOCCO)cc1C. The summed E-state index contributed by atoms with van der Waals surface area (Å²) in [4.78, 5) is 0. The van der Waals surface area contributed by atoms with E-state index in [0.29, 0.717) is 13.2 Å². The second-order valence-corrected chi connectivity index (χ2v) is 4.28. The lowest BCUT2D eigenvalue weighted by molar-refractivity contribution is 0.0938. The van der Waals surface area contributed by atoms with Crippen LogP contribution in [0.15, 0.2) is 12.1 Å². The molecular formula is C14H23NO3. The van der Waals surface area contributed by atoms with Gasteiger partial charge in [-0.15, -0.1) is 0 Å². The van der Waals surface area contributed by atoms with E-state index < -0.39 is 0 Å². The molecule has 0 aromatic heterocycles. The Kier molecular flexibility index (Phi) is 6.72. The summed E-state index contributed by atoms with van der Waals surface area (Å²) < 4.78 is 10.5. The summed E-state index contributed by atoms with van der Waals surface area (Å²) in [5.41, 5.74) is 3.56. The van der Waals surface area contributed by atoms with Crippen LogP contribution in [0.1, 0.15) is 16.7 Å². The molecule has 0 aliphatic carbocycles. The fourth-order valence-corrected chi connectivity index (χ4v) is 2.01. The molecule has 0 heterocycles. The van der Waals surface area contributed by atoms with Gasteiger partial charge in [-0.3, -0.25) is 0 Å². The smallest absolute Gasteiger partial charge is 0.124 e. The van der Waals surface area contributed by atoms with E-state index in [0.717, 1.165) is 30.0 Å². The van der Waals surface area contributed by atoms with Crippen LogP contribution in [0, 0.1) is 13.8 Å². The number of aliphatic hydroxyl groups excluding tert-OH is 1. The molecule has 1 rings (SSSR count). The number of ether oxygens (including phenoxy) is 2. The first-order chi connectivity index (χ1) is 8.69. The van der Waals surface area contributed by atoms with Crippen molar-refractivity contribution in [2.24, 2.45) is 0 Å². The monoisotopic (exact) mass is 253 g/mol. The normalized spacial score (nSPS) is 10.7. The number of nitrogens with one attached hydrogen (secondary N) is 1. The summed E-state index contributed by atoms with van der Waals surface area (Å²) in [6.07, 6.45) is 0. The molecule has 0 saturated heterocycles. The maximum Gasteiger partial charge on any atom is 0.124 e. The minimum atomic E-state index is 0.0802. The van der Waals surface area contributed by atoms with E-state index in [1.54, 1.807) is 7.11 Å². The fourth-order valence-electron chi connectivity index (χ4n) is 2.01. The van der Waals surface area contributed by atoms with Crippen molar-refractivity contribution in [2.45, 2.75) is 20.4 Å². The first-order valence-electron chi connectivity index (χ1n) is 6.22. The van der Waals surface area contributed by atoms with Crippen LogP contribution < -0.4 is 10.1 Å². The zero-order valence-electron chi connectivity index (χ0n) is 11.5. The second kappa shape index (κ2) is 8.08. The zero-order chi connectivity index (χ0) is 13.4. The van der Waals surface area contributed by atoms with Crippen molar-refractivity contribution in [3.05, 3.63) is 28.8 Å². The molecule has 4 nitrogen and oxygen atoms in total. The molecule has 0 unspecified atom stereocenters. The van der Waals surface area contributed by atoms with Gasteiger partial charge >= 0.3 is 0 Å². The van der Waals surface area contributed by atoms with Gasteiger partial charge in [-0.2, -0.15) is 0 Å². The predicted molar refractivity (Wildman–Crippen MR) is 72.1 cm³/mol. The molecule has 0 bridgehead atoms. The maximum absolute atomic E-state index is 8.55. The molecule has 0 saturated carbocycles. The van der Waals surface area contributed by atoms with Crippen LogP contribution in [0.5, 0.6) is 5.75 Å². The van der Waals surface area contributed by atoms with Crippen molar-refractivity contribution in [3.63, 3.8) is 0 Å². The Morgan fingerprint density at radius 3 is 2.39 bits per heavy atom. The van der Waals surface area contributed by atoms with Gasteiger partial charge in [-0.05, 0) is 30.5 Å². The van der Waals surface area contributed by atoms with Crippen LogP contribution in [0.3, 0.4) is 0 Å². The molecular weight excluding hydrogens is 230 g/mol. The van der Waals surface area contributed by atoms with Crippen LogP contribution in [0.4, 0.5) is 0 Å². The van der Waals surface area contributed by atoms with E-state index in [1.165, 1.54) is 5.56 Å². The lowest BCUT2D eigenvalue weighted by Crippen LogP contribution is -2.20. The van der Waals surface area contributed by atoms with Crippen molar-refractivity contribution in [1.29, 1.82) is 0 Å². The first-order valence-corrected chi connectivity index (χ1v) is 6.22. The van der Waals surface area contributed by atoms with Crippen molar-refractivity contribution < 1.29 is 14.6 Å². The highest BCUT2D eigenvalue weighted by Gasteiger charge is 2.04. The summed E-state index contributed by atoms with van der Waals surface area (Å²) in [5, 5.41) is 11.9. The Bertz CT molecular complexity index is 343. The standard InChI is InChI=1S/C14H23NO3/c1-11-8-13(9-12(2)14(11)17-3)10-15-4-6-18-7-5-16/h8-9,15-16H,4-7,10H2,1-3H3.